The minimum absolute atomic E-state index is 0.176. The first kappa shape index (κ1) is 20.1. The molecule has 0 bridgehead atoms. The van der Waals surface area contributed by atoms with Crippen molar-refractivity contribution in [1.29, 1.82) is 5.26 Å². The molecule has 4 rings (SSSR count). The molecule has 0 aliphatic carbocycles. The van der Waals surface area contributed by atoms with Gasteiger partial charge in [0.05, 0.1) is 11.8 Å². The minimum atomic E-state index is -0.383. The molecule has 152 valence electrons. The number of aromatic nitrogens is 2. The molecule has 2 heterocycles. The summed E-state index contributed by atoms with van der Waals surface area (Å²) in [4.78, 5) is 16.6. The first-order chi connectivity index (χ1) is 14.5. The largest absolute Gasteiger partial charge is 0.335 e. The van der Waals surface area contributed by atoms with E-state index < -0.39 is 0 Å². The van der Waals surface area contributed by atoms with Crippen LogP contribution in [0, 0.1) is 17.1 Å². The van der Waals surface area contributed by atoms with Crippen molar-refractivity contribution in [1.82, 2.24) is 19.6 Å². The summed E-state index contributed by atoms with van der Waals surface area (Å²) in [7, 11) is 0. The number of piperazine rings is 1. The number of hydrogen-bond donors (Lipinski definition) is 0. The van der Waals surface area contributed by atoms with Crippen LogP contribution in [0.3, 0.4) is 0 Å². The van der Waals surface area contributed by atoms with Gasteiger partial charge in [0, 0.05) is 37.4 Å². The van der Waals surface area contributed by atoms with Crippen molar-refractivity contribution in [2.75, 3.05) is 26.2 Å². The van der Waals surface area contributed by atoms with Gasteiger partial charge in [0.1, 0.15) is 11.9 Å². The van der Waals surface area contributed by atoms with Gasteiger partial charge in [0.15, 0.2) is 5.69 Å². The normalized spacial score (nSPS) is 15.6. The van der Waals surface area contributed by atoms with E-state index in [1.807, 2.05) is 12.1 Å². The van der Waals surface area contributed by atoms with Gasteiger partial charge in [-0.3, -0.25) is 9.69 Å². The number of halogens is 2. The van der Waals surface area contributed by atoms with Gasteiger partial charge in [-0.15, -0.1) is 0 Å². The zero-order valence-corrected chi connectivity index (χ0v) is 16.8. The van der Waals surface area contributed by atoms with Crippen LogP contribution >= 0.6 is 11.6 Å². The van der Waals surface area contributed by atoms with Crippen molar-refractivity contribution >= 4 is 17.5 Å². The average Bonchev–Trinajstić information content (AvgIpc) is 3.26. The van der Waals surface area contributed by atoms with Crippen LogP contribution in [0.1, 0.15) is 22.1 Å². The summed E-state index contributed by atoms with van der Waals surface area (Å²) in [5.74, 6) is -0.537. The molecule has 8 heteroatoms. The Bertz CT molecular complexity index is 1080. The molecule has 2 aromatic carbocycles. The average molecular weight is 424 g/mol. The number of hydrogen-bond acceptors (Lipinski definition) is 4. The number of nitriles is 1. The number of benzene rings is 2. The summed E-state index contributed by atoms with van der Waals surface area (Å²) in [6, 6.07) is 16.9. The molecule has 1 aliphatic heterocycles. The van der Waals surface area contributed by atoms with Gasteiger partial charge in [-0.2, -0.15) is 10.4 Å². The first-order valence-corrected chi connectivity index (χ1v) is 9.93. The Hall–Kier alpha value is -3.21. The van der Waals surface area contributed by atoms with E-state index in [9.17, 15) is 14.4 Å². The Kier molecular flexibility index (Phi) is 5.79. The number of carbonyl (C=O) groups excluding carboxylic acids is 1. The first-order valence-electron chi connectivity index (χ1n) is 9.55. The van der Waals surface area contributed by atoms with Crippen molar-refractivity contribution in [2.24, 2.45) is 0 Å². The molecule has 6 nitrogen and oxygen atoms in total. The topological polar surface area (TPSA) is 65.2 Å². The van der Waals surface area contributed by atoms with E-state index in [-0.39, 0.29) is 17.8 Å². The zero-order chi connectivity index (χ0) is 21.1. The van der Waals surface area contributed by atoms with E-state index >= 15 is 0 Å². The second kappa shape index (κ2) is 8.66. The van der Waals surface area contributed by atoms with Crippen LogP contribution in [0.15, 0.2) is 60.8 Å². The van der Waals surface area contributed by atoms with Crippen LogP contribution in [-0.4, -0.2) is 51.7 Å². The van der Waals surface area contributed by atoms with Gasteiger partial charge < -0.3 is 4.90 Å². The molecule has 0 saturated carbocycles. The Labute approximate surface area is 178 Å². The molecule has 1 amide bonds. The van der Waals surface area contributed by atoms with Crippen molar-refractivity contribution in [3.05, 3.63) is 82.9 Å². The van der Waals surface area contributed by atoms with Crippen LogP contribution in [-0.2, 0) is 0 Å². The Morgan fingerprint density at radius 3 is 2.50 bits per heavy atom. The summed E-state index contributed by atoms with van der Waals surface area (Å²) in [5, 5.41) is 14.6. The smallest absolute Gasteiger partial charge is 0.274 e. The Morgan fingerprint density at radius 1 is 1.10 bits per heavy atom. The van der Waals surface area contributed by atoms with E-state index in [1.54, 1.807) is 41.4 Å². The van der Waals surface area contributed by atoms with E-state index in [0.29, 0.717) is 42.6 Å². The molecule has 1 unspecified atom stereocenters. The lowest BCUT2D eigenvalue weighted by molar-refractivity contribution is 0.0600. The van der Waals surface area contributed by atoms with Crippen molar-refractivity contribution < 1.29 is 9.18 Å². The highest BCUT2D eigenvalue weighted by atomic mass is 35.5. The molecule has 1 atom stereocenters. The zero-order valence-electron chi connectivity index (χ0n) is 16.1. The maximum Gasteiger partial charge on any atom is 0.274 e. The van der Waals surface area contributed by atoms with E-state index in [2.05, 4.69) is 16.1 Å². The predicted molar refractivity (Wildman–Crippen MR) is 111 cm³/mol. The van der Waals surface area contributed by atoms with Gasteiger partial charge >= 0.3 is 0 Å². The van der Waals surface area contributed by atoms with Gasteiger partial charge in [0.2, 0.25) is 0 Å². The Balaban J connectivity index is 1.41. The molecule has 30 heavy (non-hydrogen) atoms. The van der Waals surface area contributed by atoms with Crippen LogP contribution in [0.25, 0.3) is 5.69 Å². The second-order valence-corrected chi connectivity index (χ2v) is 7.47. The molecule has 3 aromatic rings. The van der Waals surface area contributed by atoms with Crippen molar-refractivity contribution in [2.45, 2.75) is 6.04 Å². The molecule has 1 fully saturated rings. The highest BCUT2D eigenvalue weighted by molar-refractivity contribution is 6.30. The number of nitrogens with zero attached hydrogens (tertiary/aromatic N) is 5. The minimum Gasteiger partial charge on any atom is -0.335 e. The molecular weight excluding hydrogens is 405 g/mol. The molecule has 1 saturated heterocycles. The van der Waals surface area contributed by atoms with Gasteiger partial charge in [-0.1, -0.05) is 29.8 Å². The fraction of sp³-hybridized carbons (Fsp3) is 0.227. The molecule has 1 aromatic heterocycles. The summed E-state index contributed by atoms with van der Waals surface area (Å²) in [6.45, 7) is 2.16. The molecular formula is C22H19ClFN5O. The highest BCUT2D eigenvalue weighted by Gasteiger charge is 2.28. The summed E-state index contributed by atoms with van der Waals surface area (Å²) in [6.07, 6.45) is 1.64. The molecule has 0 spiro atoms. The standard InChI is InChI=1S/C22H19ClFN5O/c23-17-6-4-16(5-7-17)21(15-25)27-10-12-28(13-11-27)22(30)20-8-9-29(26-20)19-3-1-2-18(24)14-19/h1-9,14,21H,10-13H2. The van der Waals surface area contributed by atoms with Crippen LogP contribution < -0.4 is 0 Å². The lowest BCUT2D eigenvalue weighted by Crippen LogP contribution is -2.49. The van der Waals surface area contributed by atoms with E-state index in [0.717, 1.165) is 5.56 Å². The SMILES string of the molecule is N#CC(c1ccc(Cl)cc1)N1CCN(C(=O)c2ccn(-c3cccc(F)c3)n2)CC1. The maximum atomic E-state index is 13.4. The number of rotatable bonds is 4. The maximum absolute atomic E-state index is 13.4. The van der Waals surface area contributed by atoms with Gasteiger partial charge in [0.25, 0.3) is 5.91 Å². The summed E-state index contributed by atoms with van der Waals surface area (Å²) >= 11 is 5.94. The van der Waals surface area contributed by atoms with Crippen LogP contribution in [0.4, 0.5) is 4.39 Å². The van der Waals surface area contributed by atoms with Crippen molar-refractivity contribution in [3.8, 4) is 11.8 Å². The van der Waals surface area contributed by atoms with Crippen LogP contribution in [0.2, 0.25) is 5.02 Å². The Morgan fingerprint density at radius 2 is 1.83 bits per heavy atom. The number of carbonyl (C=O) groups is 1. The molecule has 0 radical (unpaired) electrons. The van der Waals surface area contributed by atoms with Crippen molar-refractivity contribution in [3.63, 3.8) is 0 Å². The predicted octanol–water partition coefficient (Wildman–Crippen LogP) is 3.69. The monoisotopic (exact) mass is 423 g/mol. The highest BCUT2D eigenvalue weighted by Crippen LogP contribution is 2.23. The third kappa shape index (κ3) is 4.20. The second-order valence-electron chi connectivity index (χ2n) is 7.04. The third-order valence-electron chi connectivity index (χ3n) is 5.16. The van der Waals surface area contributed by atoms with E-state index in [4.69, 9.17) is 11.6 Å². The summed E-state index contributed by atoms with van der Waals surface area (Å²) in [5.41, 5.74) is 1.75. The third-order valence-corrected chi connectivity index (χ3v) is 5.41. The fourth-order valence-corrected chi connectivity index (χ4v) is 3.68. The van der Waals surface area contributed by atoms with Gasteiger partial charge in [-0.05, 0) is 42.0 Å². The lowest BCUT2D eigenvalue weighted by Gasteiger charge is -2.36. The van der Waals surface area contributed by atoms with Gasteiger partial charge in [-0.25, -0.2) is 9.07 Å². The number of amides is 1. The lowest BCUT2D eigenvalue weighted by atomic mass is 10.1. The quantitative estimate of drug-likeness (QED) is 0.642. The fourth-order valence-electron chi connectivity index (χ4n) is 3.56. The van der Waals surface area contributed by atoms with Crippen LogP contribution in [0.5, 0.6) is 0 Å². The van der Waals surface area contributed by atoms with E-state index in [1.165, 1.54) is 16.8 Å². The summed E-state index contributed by atoms with van der Waals surface area (Å²) < 4.78 is 14.9. The molecule has 0 N–H and O–H groups in total. The molecule has 1 aliphatic rings.